The highest BCUT2D eigenvalue weighted by molar-refractivity contribution is 7.84. The molecular formula is C11H20N2O4S. The number of carbonyl (C=O) groups is 2. The van der Waals surface area contributed by atoms with E-state index in [4.69, 9.17) is 5.11 Å². The molecule has 1 rings (SSSR count). The Morgan fingerprint density at radius 1 is 1.56 bits per heavy atom. The predicted octanol–water partition coefficient (Wildman–Crippen LogP) is 0.260. The molecule has 0 aromatic rings. The highest BCUT2D eigenvalue weighted by Crippen LogP contribution is 2.16. The maximum Gasteiger partial charge on any atom is 0.317 e. The number of rotatable bonds is 4. The van der Waals surface area contributed by atoms with Gasteiger partial charge in [-0.05, 0) is 19.8 Å². The first-order chi connectivity index (χ1) is 8.40. The van der Waals surface area contributed by atoms with Gasteiger partial charge < -0.3 is 15.3 Å². The SMILES string of the molecule is CC(CS(C)=O)NC(=O)N1CCCC(C(=O)O)C1. The van der Waals surface area contributed by atoms with E-state index in [2.05, 4.69) is 5.32 Å². The number of likely N-dealkylation sites (tertiary alicyclic amines) is 1. The van der Waals surface area contributed by atoms with Crippen molar-refractivity contribution in [2.45, 2.75) is 25.8 Å². The molecule has 3 unspecified atom stereocenters. The Labute approximate surface area is 109 Å². The quantitative estimate of drug-likeness (QED) is 0.771. The third kappa shape index (κ3) is 4.64. The van der Waals surface area contributed by atoms with Crippen LogP contribution in [0.3, 0.4) is 0 Å². The van der Waals surface area contributed by atoms with Crippen LogP contribution in [0.5, 0.6) is 0 Å². The summed E-state index contributed by atoms with van der Waals surface area (Å²) in [6.45, 7) is 2.62. The molecule has 7 heteroatoms. The Morgan fingerprint density at radius 3 is 2.78 bits per heavy atom. The zero-order valence-electron chi connectivity index (χ0n) is 10.7. The van der Waals surface area contributed by atoms with Gasteiger partial charge in [-0.25, -0.2) is 4.79 Å². The minimum Gasteiger partial charge on any atom is -0.481 e. The van der Waals surface area contributed by atoms with E-state index in [1.165, 1.54) is 4.90 Å². The molecule has 6 nitrogen and oxygen atoms in total. The number of carboxylic acid groups (broad SMARTS) is 1. The molecule has 1 fully saturated rings. The third-order valence-corrected chi connectivity index (χ3v) is 3.88. The highest BCUT2D eigenvalue weighted by atomic mass is 32.2. The number of carbonyl (C=O) groups excluding carboxylic acids is 1. The van der Waals surface area contributed by atoms with E-state index in [-0.39, 0.29) is 18.6 Å². The van der Waals surface area contributed by atoms with Crippen LogP contribution in [0.2, 0.25) is 0 Å². The van der Waals surface area contributed by atoms with Crippen LogP contribution in [0, 0.1) is 5.92 Å². The lowest BCUT2D eigenvalue weighted by Crippen LogP contribution is -2.50. The first kappa shape index (κ1) is 14.9. The van der Waals surface area contributed by atoms with Crippen molar-refractivity contribution in [3.63, 3.8) is 0 Å². The van der Waals surface area contributed by atoms with E-state index in [1.807, 2.05) is 0 Å². The largest absolute Gasteiger partial charge is 0.481 e. The fourth-order valence-electron chi connectivity index (χ4n) is 2.06. The predicted molar refractivity (Wildman–Crippen MR) is 68.9 cm³/mol. The maximum atomic E-state index is 11.9. The second-order valence-electron chi connectivity index (χ2n) is 4.71. The van der Waals surface area contributed by atoms with Gasteiger partial charge in [0.05, 0.1) is 5.92 Å². The molecule has 0 aliphatic carbocycles. The van der Waals surface area contributed by atoms with Crippen LogP contribution in [0.15, 0.2) is 0 Å². The molecule has 0 bridgehead atoms. The average Bonchev–Trinajstić information content (AvgIpc) is 2.27. The summed E-state index contributed by atoms with van der Waals surface area (Å²) in [4.78, 5) is 24.3. The van der Waals surface area contributed by atoms with Crippen LogP contribution in [0.4, 0.5) is 4.79 Å². The second kappa shape index (κ2) is 6.72. The van der Waals surface area contributed by atoms with Gasteiger partial charge in [0.25, 0.3) is 0 Å². The molecule has 0 radical (unpaired) electrons. The zero-order valence-corrected chi connectivity index (χ0v) is 11.5. The van der Waals surface area contributed by atoms with E-state index in [9.17, 15) is 13.8 Å². The van der Waals surface area contributed by atoms with Crippen LogP contribution in [0.1, 0.15) is 19.8 Å². The minimum absolute atomic E-state index is 0.173. The average molecular weight is 276 g/mol. The first-order valence-electron chi connectivity index (χ1n) is 5.98. The number of nitrogens with zero attached hydrogens (tertiary/aromatic N) is 1. The summed E-state index contributed by atoms with van der Waals surface area (Å²) >= 11 is 0. The second-order valence-corrected chi connectivity index (χ2v) is 6.19. The molecule has 1 heterocycles. The lowest BCUT2D eigenvalue weighted by atomic mass is 9.99. The minimum atomic E-state index is -0.959. The van der Waals surface area contributed by atoms with Crippen molar-refractivity contribution in [2.24, 2.45) is 5.92 Å². The number of carboxylic acids is 1. The molecular weight excluding hydrogens is 256 g/mol. The van der Waals surface area contributed by atoms with Crippen molar-refractivity contribution in [3.8, 4) is 0 Å². The van der Waals surface area contributed by atoms with Crippen LogP contribution in [-0.4, -0.2) is 57.4 Å². The molecule has 18 heavy (non-hydrogen) atoms. The fourth-order valence-corrected chi connectivity index (χ4v) is 2.85. The lowest BCUT2D eigenvalue weighted by molar-refractivity contribution is -0.143. The van der Waals surface area contributed by atoms with Crippen molar-refractivity contribution < 1.29 is 18.9 Å². The van der Waals surface area contributed by atoms with E-state index < -0.39 is 22.7 Å². The van der Waals surface area contributed by atoms with Crippen LogP contribution in [0.25, 0.3) is 0 Å². The molecule has 1 saturated heterocycles. The van der Waals surface area contributed by atoms with E-state index in [0.717, 1.165) is 0 Å². The van der Waals surface area contributed by atoms with E-state index >= 15 is 0 Å². The van der Waals surface area contributed by atoms with Gasteiger partial charge >= 0.3 is 12.0 Å². The Hall–Kier alpha value is -1.11. The Morgan fingerprint density at radius 2 is 2.22 bits per heavy atom. The summed E-state index contributed by atoms with van der Waals surface area (Å²) in [5.74, 6) is -0.919. The van der Waals surface area contributed by atoms with Gasteiger partial charge in [-0.15, -0.1) is 0 Å². The number of piperidine rings is 1. The zero-order chi connectivity index (χ0) is 13.7. The van der Waals surface area contributed by atoms with Crippen molar-refractivity contribution in [1.29, 1.82) is 0 Å². The molecule has 0 spiro atoms. The van der Waals surface area contributed by atoms with Crippen LogP contribution < -0.4 is 5.32 Å². The summed E-state index contributed by atoms with van der Waals surface area (Å²) in [7, 11) is -0.959. The molecule has 104 valence electrons. The number of urea groups is 1. The summed E-state index contributed by atoms with van der Waals surface area (Å²) in [6, 6.07) is -0.438. The standard InChI is InChI=1S/C11H20N2O4S/c1-8(7-18(2)17)12-11(16)13-5-3-4-9(6-13)10(14)15/h8-9H,3-7H2,1-2H3,(H,12,16)(H,14,15). The Bertz CT molecular complexity index is 348. The summed E-state index contributed by atoms with van der Waals surface area (Å²) in [6.07, 6.45) is 2.91. The molecule has 0 saturated carbocycles. The maximum absolute atomic E-state index is 11.9. The number of aliphatic carboxylic acids is 1. The summed E-state index contributed by atoms with van der Waals surface area (Å²) in [5, 5.41) is 11.7. The van der Waals surface area contributed by atoms with Gasteiger partial charge in [-0.2, -0.15) is 0 Å². The van der Waals surface area contributed by atoms with Crippen molar-refractivity contribution in [1.82, 2.24) is 10.2 Å². The molecule has 2 amide bonds. The number of nitrogens with one attached hydrogen (secondary N) is 1. The number of hydrogen-bond donors (Lipinski definition) is 2. The smallest absolute Gasteiger partial charge is 0.317 e. The number of hydrogen-bond acceptors (Lipinski definition) is 3. The van der Waals surface area contributed by atoms with Crippen molar-refractivity contribution in [3.05, 3.63) is 0 Å². The molecule has 0 aromatic heterocycles. The van der Waals surface area contributed by atoms with Gasteiger partial charge in [0.15, 0.2) is 0 Å². The summed E-state index contributed by atoms with van der Waals surface area (Å²) < 4.78 is 11.0. The van der Waals surface area contributed by atoms with E-state index in [0.29, 0.717) is 25.1 Å². The van der Waals surface area contributed by atoms with Gasteiger partial charge in [0.1, 0.15) is 0 Å². The van der Waals surface area contributed by atoms with Crippen LogP contribution in [-0.2, 0) is 15.6 Å². The third-order valence-electron chi connectivity index (χ3n) is 2.91. The Balaban J connectivity index is 2.46. The topological polar surface area (TPSA) is 86.7 Å². The summed E-state index contributed by atoms with van der Waals surface area (Å²) in [5.41, 5.74) is 0. The van der Waals surface area contributed by atoms with Gasteiger partial charge in [0, 0.05) is 41.9 Å². The lowest BCUT2D eigenvalue weighted by Gasteiger charge is -2.31. The van der Waals surface area contributed by atoms with Gasteiger partial charge in [0.2, 0.25) is 0 Å². The molecule has 0 aromatic carbocycles. The molecule has 1 aliphatic heterocycles. The highest BCUT2D eigenvalue weighted by Gasteiger charge is 2.28. The van der Waals surface area contributed by atoms with Gasteiger partial charge in [-0.3, -0.25) is 9.00 Å². The normalized spacial score (nSPS) is 23.2. The fraction of sp³-hybridized carbons (Fsp3) is 0.818. The van der Waals surface area contributed by atoms with Gasteiger partial charge in [-0.1, -0.05) is 0 Å². The van der Waals surface area contributed by atoms with E-state index in [1.54, 1.807) is 13.2 Å². The molecule has 3 atom stereocenters. The monoisotopic (exact) mass is 276 g/mol. The van der Waals surface area contributed by atoms with Crippen molar-refractivity contribution in [2.75, 3.05) is 25.1 Å². The first-order valence-corrected chi connectivity index (χ1v) is 7.71. The van der Waals surface area contributed by atoms with Crippen LogP contribution >= 0.6 is 0 Å². The molecule has 2 N–H and O–H groups in total. The molecule has 1 aliphatic rings. The Kier molecular flexibility index (Phi) is 5.58. The van der Waals surface area contributed by atoms with Crippen molar-refractivity contribution >= 4 is 22.8 Å². The number of amides is 2.